The van der Waals surface area contributed by atoms with Crippen LogP contribution in [-0.4, -0.2) is 16.9 Å². The Morgan fingerprint density at radius 2 is 2.50 bits per heavy atom. The molecule has 12 heavy (non-hydrogen) atoms. The zero-order valence-corrected chi connectivity index (χ0v) is 7.81. The molecule has 0 aliphatic rings. The molecular formula is C7H11N3OS. The van der Waals surface area contributed by atoms with Crippen molar-refractivity contribution in [3.8, 4) is 0 Å². The highest BCUT2D eigenvalue weighted by molar-refractivity contribution is 7.13. The number of thiazole rings is 1. The minimum atomic E-state index is -0.491. The van der Waals surface area contributed by atoms with Gasteiger partial charge in [0, 0.05) is 5.38 Å². The van der Waals surface area contributed by atoms with Crippen molar-refractivity contribution < 1.29 is 4.79 Å². The molecule has 0 fully saturated rings. The Labute approximate surface area is 74.8 Å². The molecule has 4 nitrogen and oxygen atoms in total. The maximum absolute atomic E-state index is 11.1. The van der Waals surface area contributed by atoms with Gasteiger partial charge < -0.3 is 11.1 Å². The molecule has 1 rings (SSSR count). The monoisotopic (exact) mass is 185 g/mol. The lowest BCUT2D eigenvalue weighted by Crippen LogP contribution is -2.32. The van der Waals surface area contributed by atoms with Gasteiger partial charge in [0.2, 0.25) is 5.91 Å². The summed E-state index contributed by atoms with van der Waals surface area (Å²) in [6.45, 7) is 3.51. The third kappa shape index (κ3) is 2.28. The summed E-state index contributed by atoms with van der Waals surface area (Å²) in [7, 11) is 0. The molecule has 0 aliphatic heterocycles. The first-order chi connectivity index (χ1) is 5.59. The van der Waals surface area contributed by atoms with Crippen LogP contribution >= 0.6 is 11.3 Å². The smallest absolute Gasteiger partial charge is 0.242 e. The molecule has 1 unspecified atom stereocenters. The number of anilines is 1. The summed E-state index contributed by atoms with van der Waals surface area (Å²) in [5, 5.41) is 5.08. The Bertz CT molecular complexity index is 282. The van der Waals surface area contributed by atoms with Gasteiger partial charge in [0.25, 0.3) is 0 Å². The molecule has 0 aromatic carbocycles. The van der Waals surface area contributed by atoms with Crippen molar-refractivity contribution in [1.82, 2.24) is 4.98 Å². The zero-order valence-electron chi connectivity index (χ0n) is 7.00. The molecular weight excluding hydrogens is 174 g/mol. The van der Waals surface area contributed by atoms with Crippen molar-refractivity contribution >= 4 is 22.4 Å². The molecule has 66 valence electrons. The molecule has 1 aromatic rings. The highest BCUT2D eigenvalue weighted by Crippen LogP contribution is 2.13. The summed E-state index contributed by atoms with van der Waals surface area (Å²) >= 11 is 1.40. The lowest BCUT2D eigenvalue weighted by Gasteiger charge is -2.03. The average molecular weight is 185 g/mol. The summed E-state index contributed by atoms with van der Waals surface area (Å²) in [6.07, 6.45) is 0. The molecule has 1 heterocycles. The van der Waals surface area contributed by atoms with Crippen LogP contribution in [0.25, 0.3) is 0 Å². The van der Waals surface area contributed by atoms with E-state index in [0.29, 0.717) is 5.13 Å². The van der Waals surface area contributed by atoms with E-state index in [2.05, 4.69) is 10.3 Å². The van der Waals surface area contributed by atoms with Crippen LogP contribution in [0.2, 0.25) is 0 Å². The van der Waals surface area contributed by atoms with Crippen LogP contribution in [0.4, 0.5) is 5.13 Å². The predicted molar refractivity (Wildman–Crippen MR) is 49.1 cm³/mol. The predicted octanol–water partition coefficient (Wildman–Crippen LogP) is 0.737. The second-order valence-electron chi connectivity index (χ2n) is 2.57. The number of rotatable bonds is 2. The number of nitrogens with two attached hydrogens (primary N) is 1. The van der Waals surface area contributed by atoms with Gasteiger partial charge in [0.15, 0.2) is 5.13 Å². The number of aryl methyl sites for hydroxylation is 1. The fourth-order valence-corrected chi connectivity index (χ4v) is 1.32. The fraction of sp³-hybridized carbons (Fsp3) is 0.429. The van der Waals surface area contributed by atoms with Gasteiger partial charge in [-0.1, -0.05) is 0 Å². The second-order valence-corrected chi connectivity index (χ2v) is 3.43. The van der Waals surface area contributed by atoms with Crippen LogP contribution in [0.5, 0.6) is 0 Å². The van der Waals surface area contributed by atoms with Crippen molar-refractivity contribution in [3.63, 3.8) is 0 Å². The van der Waals surface area contributed by atoms with E-state index in [1.807, 2.05) is 12.3 Å². The van der Waals surface area contributed by atoms with Gasteiger partial charge in [-0.05, 0) is 13.8 Å². The minimum Gasteiger partial charge on any atom is -0.320 e. The molecule has 0 radical (unpaired) electrons. The Hall–Kier alpha value is -0.940. The normalized spacial score (nSPS) is 12.6. The lowest BCUT2D eigenvalue weighted by atomic mass is 10.3. The van der Waals surface area contributed by atoms with Gasteiger partial charge in [0.1, 0.15) is 0 Å². The van der Waals surface area contributed by atoms with E-state index < -0.39 is 6.04 Å². The Morgan fingerprint density at radius 1 is 1.83 bits per heavy atom. The number of nitrogens with zero attached hydrogens (tertiary/aromatic N) is 1. The quantitative estimate of drug-likeness (QED) is 0.714. The summed E-state index contributed by atoms with van der Waals surface area (Å²) in [6, 6.07) is -0.491. The molecule has 5 heteroatoms. The number of amides is 1. The summed E-state index contributed by atoms with van der Waals surface area (Å²) in [5.74, 6) is -0.204. The molecule has 0 spiro atoms. The van der Waals surface area contributed by atoms with E-state index in [-0.39, 0.29) is 5.91 Å². The molecule has 0 saturated carbocycles. The molecule has 0 saturated heterocycles. The Kier molecular flexibility index (Phi) is 2.78. The van der Waals surface area contributed by atoms with Crippen LogP contribution in [0.1, 0.15) is 12.6 Å². The SMILES string of the molecule is Cc1csc(NC(=O)C(C)N)n1. The van der Waals surface area contributed by atoms with Gasteiger partial charge in [-0.15, -0.1) is 11.3 Å². The lowest BCUT2D eigenvalue weighted by molar-refractivity contribution is -0.117. The highest BCUT2D eigenvalue weighted by atomic mass is 32.1. The van der Waals surface area contributed by atoms with Gasteiger partial charge in [-0.25, -0.2) is 4.98 Å². The largest absolute Gasteiger partial charge is 0.320 e. The van der Waals surface area contributed by atoms with Crippen LogP contribution in [0.3, 0.4) is 0 Å². The van der Waals surface area contributed by atoms with Crippen LogP contribution in [0, 0.1) is 6.92 Å². The van der Waals surface area contributed by atoms with Gasteiger partial charge in [-0.3, -0.25) is 4.79 Å². The Balaban J connectivity index is 2.58. The summed E-state index contributed by atoms with van der Waals surface area (Å²) in [5.41, 5.74) is 6.26. The van der Waals surface area contributed by atoms with Gasteiger partial charge >= 0.3 is 0 Å². The minimum absolute atomic E-state index is 0.204. The molecule has 0 aliphatic carbocycles. The van der Waals surface area contributed by atoms with Crippen molar-refractivity contribution in [2.75, 3.05) is 5.32 Å². The number of hydrogen-bond acceptors (Lipinski definition) is 4. The van der Waals surface area contributed by atoms with E-state index in [0.717, 1.165) is 5.69 Å². The number of carbonyl (C=O) groups excluding carboxylic acids is 1. The first kappa shape index (κ1) is 9.15. The van der Waals surface area contributed by atoms with Crippen molar-refractivity contribution in [1.29, 1.82) is 0 Å². The number of nitrogens with one attached hydrogen (secondary N) is 1. The average Bonchev–Trinajstić information content (AvgIpc) is 2.35. The maximum Gasteiger partial charge on any atom is 0.242 e. The second kappa shape index (κ2) is 3.64. The molecule has 1 atom stereocenters. The number of carbonyl (C=O) groups is 1. The van der Waals surface area contributed by atoms with Crippen LogP contribution in [0.15, 0.2) is 5.38 Å². The third-order valence-corrected chi connectivity index (χ3v) is 2.14. The summed E-state index contributed by atoms with van der Waals surface area (Å²) < 4.78 is 0. The van der Waals surface area contributed by atoms with E-state index in [1.54, 1.807) is 6.92 Å². The van der Waals surface area contributed by atoms with E-state index >= 15 is 0 Å². The van der Waals surface area contributed by atoms with Crippen molar-refractivity contribution in [2.45, 2.75) is 19.9 Å². The van der Waals surface area contributed by atoms with E-state index in [4.69, 9.17) is 5.73 Å². The van der Waals surface area contributed by atoms with E-state index in [9.17, 15) is 4.79 Å². The van der Waals surface area contributed by atoms with Crippen LogP contribution in [-0.2, 0) is 4.79 Å². The fourth-order valence-electron chi connectivity index (χ4n) is 0.631. The van der Waals surface area contributed by atoms with Crippen LogP contribution < -0.4 is 11.1 Å². The third-order valence-electron chi connectivity index (χ3n) is 1.26. The Morgan fingerprint density at radius 3 is 2.92 bits per heavy atom. The number of hydrogen-bond donors (Lipinski definition) is 2. The zero-order chi connectivity index (χ0) is 9.14. The maximum atomic E-state index is 11.1. The van der Waals surface area contributed by atoms with E-state index in [1.165, 1.54) is 11.3 Å². The molecule has 0 bridgehead atoms. The van der Waals surface area contributed by atoms with Crippen molar-refractivity contribution in [3.05, 3.63) is 11.1 Å². The number of aromatic nitrogens is 1. The molecule has 3 N–H and O–H groups in total. The molecule has 1 amide bonds. The first-order valence-electron chi connectivity index (χ1n) is 3.58. The van der Waals surface area contributed by atoms with Crippen molar-refractivity contribution in [2.24, 2.45) is 5.73 Å². The first-order valence-corrected chi connectivity index (χ1v) is 4.46. The van der Waals surface area contributed by atoms with Gasteiger partial charge in [0.05, 0.1) is 11.7 Å². The standard InChI is InChI=1S/C7H11N3OS/c1-4-3-12-7(9-4)10-6(11)5(2)8/h3,5H,8H2,1-2H3,(H,9,10,11). The summed E-state index contributed by atoms with van der Waals surface area (Å²) in [4.78, 5) is 15.1. The van der Waals surface area contributed by atoms with Gasteiger partial charge in [-0.2, -0.15) is 0 Å². The highest BCUT2D eigenvalue weighted by Gasteiger charge is 2.08. The topological polar surface area (TPSA) is 68.0 Å². The molecule has 1 aromatic heterocycles.